The summed E-state index contributed by atoms with van der Waals surface area (Å²) in [5.74, 6) is -2.03. The Labute approximate surface area is 156 Å². The van der Waals surface area contributed by atoms with Crippen molar-refractivity contribution in [2.24, 2.45) is 0 Å². The second kappa shape index (κ2) is 7.06. The van der Waals surface area contributed by atoms with Gasteiger partial charge in [-0.25, -0.2) is 13.8 Å². The highest BCUT2D eigenvalue weighted by Crippen LogP contribution is 2.28. The van der Waals surface area contributed by atoms with Crippen LogP contribution in [0, 0.1) is 18.6 Å². The molecule has 2 aromatic heterocycles. The van der Waals surface area contributed by atoms with Crippen LogP contribution in [0.4, 0.5) is 8.78 Å². The van der Waals surface area contributed by atoms with E-state index in [0.717, 1.165) is 17.8 Å². The molecule has 0 aliphatic carbocycles. The molecule has 0 radical (unpaired) electrons. The summed E-state index contributed by atoms with van der Waals surface area (Å²) in [6, 6.07) is 4.92. The maximum absolute atomic E-state index is 13.6. The lowest BCUT2D eigenvalue weighted by Gasteiger charge is -2.26. The summed E-state index contributed by atoms with van der Waals surface area (Å²) in [5, 5.41) is 4.49. The van der Waals surface area contributed by atoms with Crippen LogP contribution in [0.2, 0.25) is 0 Å². The van der Waals surface area contributed by atoms with Crippen LogP contribution >= 0.6 is 0 Å². The van der Waals surface area contributed by atoms with Crippen molar-refractivity contribution in [3.8, 4) is 0 Å². The van der Waals surface area contributed by atoms with Crippen molar-refractivity contribution in [1.82, 2.24) is 15.0 Å². The van der Waals surface area contributed by atoms with Gasteiger partial charge in [0.05, 0.1) is 22.7 Å². The molecule has 0 aliphatic rings. The number of nitrogens with zero attached hydrogens (tertiary/aromatic N) is 3. The third-order valence-corrected chi connectivity index (χ3v) is 4.79. The van der Waals surface area contributed by atoms with E-state index >= 15 is 0 Å². The molecule has 3 aromatic rings. The number of hydrogen-bond donors (Lipinski definition) is 0. The predicted molar refractivity (Wildman–Crippen MR) is 97.5 cm³/mol. The molecule has 0 fully saturated rings. The minimum atomic E-state index is -0.941. The lowest BCUT2D eigenvalue weighted by atomic mass is 10.0. The Balaban J connectivity index is 2.03. The van der Waals surface area contributed by atoms with Gasteiger partial charge in [0.2, 0.25) is 0 Å². The van der Waals surface area contributed by atoms with Crippen molar-refractivity contribution < 1.29 is 18.1 Å². The molecule has 0 saturated heterocycles. The number of halogens is 2. The van der Waals surface area contributed by atoms with Gasteiger partial charge in [-0.1, -0.05) is 25.1 Å². The van der Waals surface area contributed by atoms with Crippen LogP contribution in [0.5, 0.6) is 0 Å². The summed E-state index contributed by atoms with van der Waals surface area (Å²) in [6.45, 7) is 7.45. The van der Waals surface area contributed by atoms with E-state index in [9.17, 15) is 13.6 Å². The summed E-state index contributed by atoms with van der Waals surface area (Å²) < 4.78 is 32.1. The average molecular weight is 373 g/mol. The van der Waals surface area contributed by atoms with Gasteiger partial charge in [-0.3, -0.25) is 4.79 Å². The number of pyridine rings is 1. The number of fused-ring (bicyclic) bond motifs is 1. The number of aryl methyl sites for hydroxylation is 1. The van der Waals surface area contributed by atoms with Crippen LogP contribution in [0.25, 0.3) is 11.1 Å². The smallest absolute Gasteiger partial charge is 0.259 e. The summed E-state index contributed by atoms with van der Waals surface area (Å²) in [5.41, 5.74) is 2.54. The van der Waals surface area contributed by atoms with Gasteiger partial charge in [0.15, 0.2) is 11.6 Å². The lowest BCUT2D eigenvalue weighted by molar-refractivity contribution is 0.0744. The topological polar surface area (TPSA) is 59.2 Å². The van der Waals surface area contributed by atoms with Gasteiger partial charge < -0.3 is 9.42 Å². The zero-order chi connectivity index (χ0) is 19.9. The fourth-order valence-electron chi connectivity index (χ4n) is 2.94. The average Bonchev–Trinajstić information content (AvgIpc) is 3.02. The molecule has 7 heteroatoms. The van der Waals surface area contributed by atoms with Crippen LogP contribution in [0.3, 0.4) is 0 Å². The Bertz CT molecular complexity index is 1010. The largest absolute Gasteiger partial charge is 0.336 e. The van der Waals surface area contributed by atoms with E-state index in [1.165, 1.54) is 11.0 Å². The van der Waals surface area contributed by atoms with Gasteiger partial charge in [-0.05, 0) is 43.5 Å². The summed E-state index contributed by atoms with van der Waals surface area (Å²) >= 11 is 0. The third-order valence-electron chi connectivity index (χ3n) is 4.79. The lowest BCUT2D eigenvalue weighted by Crippen LogP contribution is -2.30. The Morgan fingerprint density at radius 3 is 2.48 bits per heavy atom. The second-order valence-corrected chi connectivity index (χ2v) is 6.96. The molecule has 0 N–H and O–H groups in total. The molecular formula is C20H21F2N3O2. The van der Waals surface area contributed by atoms with E-state index in [4.69, 9.17) is 4.52 Å². The molecule has 27 heavy (non-hydrogen) atoms. The first-order chi connectivity index (χ1) is 12.7. The quantitative estimate of drug-likeness (QED) is 0.661. The highest BCUT2D eigenvalue weighted by Gasteiger charge is 2.25. The van der Waals surface area contributed by atoms with Gasteiger partial charge in [-0.2, -0.15) is 0 Å². The van der Waals surface area contributed by atoms with Crippen LogP contribution in [-0.4, -0.2) is 28.0 Å². The Morgan fingerprint density at radius 2 is 1.85 bits per heavy atom. The van der Waals surface area contributed by atoms with Crippen LogP contribution in [0.1, 0.15) is 60.0 Å². The van der Waals surface area contributed by atoms with Crippen molar-refractivity contribution in [1.29, 1.82) is 0 Å². The normalized spacial score (nSPS) is 12.6. The maximum Gasteiger partial charge on any atom is 0.259 e. The van der Waals surface area contributed by atoms with Gasteiger partial charge in [0.25, 0.3) is 11.6 Å². The molecule has 0 spiro atoms. The third kappa shape index (κ3) is 3.41. The number of rotatable bonds is 4. The number of aromatic nitrogens is 2. The Kier molecular flexibility index (Phi) is 4.95. The van der Waals surface area contributed by atoms with Crippen molar-refractivity contribution in [3.05, 3.63) is 58.4 Å². The first-order valence-corrected chi connectivity index (χ1v) is 8.69. The number of benzene rings is 1. The molecule has 142 valence electrons. The fourth-order valence-corrected chi connectivity index (χ4v) is 2.94. The summed E-state index contributed by atoms with van der Waals surface area (Å²) in [4.78, 5) is 19.1. The van der Waals surface area contributed by atoms with Crippen LogP contribution < -0.4 is 0 Å². The van der Waals surface area contributed by atoms with E-state index in [1.807, 2.05) is 13.8 Å². The molecule has 0 saturated carbocycles. The molecule has 1 aromatic carbocycles. The predicted octanol–water partition coefficient (Wildman–Crippen LogP) is 4.77. The molecule has 1 amide bonds. The number of amides is 1. The van der Waals surface area contributed by atoms with Crippen molar-refractivity contribution in [3.63, 3.8) is 0 Å². The zero-order valence-electron chi connectivity index (χ0n) is 15.9. The second-order valence-electron chi connectivity index (χ2n) is 6.96. The van der Waals surface area contributed by atoms with E-state index < -0.39 is 17.7 Å². The molecule has 0 aliphatic heterocycles. The highest BCUT2D eigenvalue weighted by molar-refractivity contribution is 6.06. The van der Waals surface area contributed by atoms with Crippen molar-refractivity contribution in [2.45, 2.75) is 39.7 Å². The van der Waals surface area contributed by atoms with Crippen molar-refractivity contribution >= 4 is 17.0 Å². The molecule has 2 heterocycles. The van der Waals surface area contributed by atoms with E-state index in [2.05, 4.69) is 10.1 Å². The van der Waals surface area contributed by atoms with Gasteiger partial charge >= 0.3 is 0 Å². The Hall–Kier alpha value is -2.83. The molecule has 1 unspecified atom stereocenters. The van der Waals surface area contributed by atoms with Crippen molar-refractivity contribution in [2.75, 3.05) is 7.05 Å². The molecule has 5 nitrogen and oxygen atoms in total. The van der Waals surface area contributed by atoms with Gasteiger partial charge in [-0.15, -0.1) is 0 Å². The fraction of sp³-hybridized carbons (Fsp3) is 0.350. The monoisotopic (exact) mass is 373 g/mol. The SMILES string of the molecule is Cc1noc2nc(C(C)C)cc(C(=O)N(C)C(C)c3ccc(F)c(F)c3)c12. The minimum Gasteiger partial charge on any atom is -0.336 e. The molecule has 1 atom stereocenters. The van der Waals surface area contributed by atoms with E-state index in [1.54, 1.807) is 27.0 Å². The van der Waals surface area contributed by atoms with E-state index in [0.29, 0.717) is 27.9 Å². The van der Waals surface area contributed by atoms with Crippen LogP contribution in [-0.2, 0) is 0 Å². The molecular weight excluding hydrogens is 352 g/mol. The Morgan fingerprint density at radius 1 is 1.15 bits per heavy atom. The van der Waals surface area contributed by atoms with E-state index in [-0.39, 0.29) is 11.8 Å². The van der Waals surface area contributed by atoms with Gasteiger partial charge in [0, 0.05) is 12.7 Å². The number of carbonyl (C=O) groups is 1. The highest BCUT2D eigenvalue weighted by atomic mass is 19.2. The standard InChI is InChI=1S/C20H21F2N3O2/c1-10(2)17-9-14(18-11(3)24-27-19(18)23-17)20(26)25(5)12(4)13-6-7-15(21)16(22)8-13/h6-10,12H,1-5H3. The first kappa shape index (κ1) is 18.9. The van der Waals surface area contributed by atoms with Gasteiger partial charge in [0.1, 0.15) is 0 Å². The number of carbonyl (C=O) groups excluding carboxylic acids is 1. The minimum absolute atomic E-state index is 0.0975. The molecule has 0 bridgehead atoms. The summed E-state index contributed by atoms with van der Waals surface area (Å²) in [7, 11) is 1.62. The molecule has 3 rings (SSSR count). The maximum atomic E-state index is 13.6. The zero-order valence-corrected chi connectivity index (χ0v) is 15.9. The first-order valence-electron chi connectivity index (χ1n) is 8.69. The van der Waals surface area contributed by atoms with Crippen LogP contribution in [0.15, 0.2) is 28.8 Å². The summed E-state index contributed by atoms with van der Waals surface area (Å²) in [6.07, 6.45) is 0. The number of hydrogen-bond acceptors (Lipinski definition) is 4.